The molecule has 1 rings (SSSR count). The van der Waals surface area contributed by atoms with Crippen LogP contribution < -0.4 is 0 Å². The van der Waals surface area contributed by atoms with Crippen molar-refractivity contribution in [1.29, 1.82) is 0 Å². The SMILES string of the molecule is CCON=C(C)c1ccc(C)c(C)c1. The molecule has 2 nitrogen and oxygen atoms in total. The Morgan fingerprint density at radius 3 is 2.57 bits per heavy atom. The average molecular weight is 191 g/mol. The van der Waals surface area contributed by atoms with Crippen LogP contribution in [0, 0.1) is 13.8 Å². The molecule has 0 spiro atoms. The summed E-state index contributed by atoms with van der Waals surface area (Å²) < 4.78 is 0. The van der Waals surface area contributed by atoms with E-state index in [1.807, 2.05) is 13.8 Å². The van der Waals surface area contributed by atoms with Gasteiger partial charge in [0.05, 0.1) is 5.71 Å². The standard InChI is InChI=1S/C12H17NO/c1-5-14-13-11(4)12-7-6-9(2)10(3)8-12/h6-8H,5H2,1-4H3. The fourth-order valence-electron chi connectivity index (χ4n) is 1.18. The predicted octanol–water partition coefficient (Wildman–Crippen LogP) is 3.06. The van der Waals surface area contributed by atoms with E-state index < -0.39 is 0 Å². The van der Waals surface area contributed by atoms with Gasteiger partial charge in [0.15, 0.2) is 0 Å². The van der Waals surface area contributed by atoms with E-state index in [0.29, 0.717) is 6.61 Å². The van der Waals surface area contributed by atoms with Gasteiger partial charge in [0.2, 0.25) is 0 Å². The molecule has 1 aromatic carbocycles. The third-order valence-electron chi connectivity index (χ3n) is 2.26. The number of nitrogens with zero attached hydrogens (tertiary/aromatic N) is 1. The van der Waals surface area contributed by atoms with Crippen LogP contribution in [0.3, 0.4) is 0 Å². The second kappa shape index (κ2) is 4.80. The van der Waals surface area contributed by atoms with E-state index in [4.69, 9.17) is 4.84 Å². The van der Waals surface area contributed by atoms with E-state index in [9.17, 15) is 0 Å². The fraction of sp³-hybridized carbons (Fsp3) is 0.417. The van der Waals surface area contributed by atoms with Crippen LogP contribution in [0.1, 0.15) is 30.5 Å². The molecular weight excluding hydrogens is 174 g/mol. The topological polar surface area (TPSA) is 21.6 Å². The summed E-state index contributed by atoms with van der Waals surface area (Å²) in [6, 6.07) is 6.31. The summed E-state index contributed by atoms with van der Waals surface area (Å²) in [7, 11) is 0. The van der Waals surface area contributed by atoms with E-state index in [-0.39, 0.29) is 0 Å². The zero-order valence-corrected chi connectivity index (χ0v) is 9.29. The first kappa shape index (κ1) is 10.8. The zero-order valence-electron chi connectivity index (χ0n) is 9.29. The molecule has 0 amide bonds. The molecule has 14 heavy (non-hydrogen) atoms. The molecule has 1 aromatic rings. The second-order valence-corrected chi connectivity index (χ2v) is 3.39. The van der Waals surface area contributed by atoms with Crippen molar-refractivity contribution in [3.8, 4) is 0 Å². The molecule has 0 radical (unpaired) electrons. The molecule has 0 fully saturated rings. The number of benzene rings is 1. The van der Waals surface area contributed by atoms with Crippen molar-refractivity contribution in [3.63, 3.8) is 0 Å². The molecule has 0 saturated heterocycles. The smallest absolute Gasteiger partial charge is 0.114 e. The van der Waals surface area contributed by atoms with Gasteiger partial charge >= 0.3 is 0 Å². The van der Waals surface area contributed by atoms with Crippen molar-refractivity contribution in [2.24, 2.45) is 5.16 Å². The summed E-state index contributed by atoms with van der Waals surface area (Å²) in [6.45, 7) is 8.71. The van der Waals surface area contributed by atoms with Crippen LogP contribution in [0.2, 0.25) is 0 Å². The number of oxime groups is 1. The van der Waals surface area contributed by atoms with Crippen LogP contribution in [0.5, 0.6) is 0 Å². The third kappa shape index (κ3) is 2.59. The largest absolute Gasteiger partial charge is 0.396 e. The van der Waals surface area contributed by atoms with E-state index in [1.165, 1.54) is 11.1 Å². The Bertz CT molecular complexity index is 342. The maximum atomic E-state index is 5.01. The maximum Gasteiger partial charge on any atom is 0.114 e. The van der Waals surface area contributed by atoms with Crippen molar-refractivity contribution in [2.75, 3.05) is 6.61 Å². The predicted molar refractivity (Wildman–Crippen MR) is 59.8 cm³/mol. The van der Waals surface area contributed by atoms with Crippen molar-refractivity contribution < 1.29 is 4.84 Å². The molecule has 0 saturated carbocycles. The van der Waals surface area contributed by atoms with E-state index >= 15 is 0 Å². The van der Waals surface area contributed by atoms with Gasteiger partial charge in [0, 0.05) is 0 Å². The monoisotopic (exact) mass is 191 g/mol. The maximum absolute atomic E-state index is 5.01. The first-order valence-corrected chi connectivity index (χ1v) is 4.89. The van der Waals surface area contributed by atoms with Crippen molar-refractivity contribution >= 4 is 5.71 Å². The van der Waals surface area contributed by atoms with Gasteiger partial charge in [0.1, 0.15) is 6.61 Å². The summed E-state index contributed by atoms with van der Waals surface area (Å²) >= 11 is 0. The second-order valence-electron chi connectivity index (χ2n) is 3.39. The molecule has 0 atom stereocenters. The van der Waals surface area contributed by atoms with Crippen LogP contribution in [-0.2, 0) is 4.84 Å². The van der Waals surface area contributed by atoms with Gasteiger partial charge in [-0.15, -0.1) is 0 Å². The van der Waals surface area contributed by atoms with Gasteiger partial charge in [-0.3, -0.25) is 0 Å². The van der Waals surface area contributed by atoms with Gasteiger partial charge in [-0.25, -0.2) is 0 Å². The minimum atomic E-state index is 0.613. The van der Waals surface area contributed by atoms with Gasteiger partial charge in [0.25, 0.3) is 0 Å². The Hall–Kier alpha value is -1.31. The lowest BCUT2D eigenvalue weighted by molar-refractivity contribution is 0.159. The summed E-state index contributed by atoms with van der Waals surface area (Å²) in [5.41, 5.74) is 4.64. The number of hydrogen-bond acceptors (Lipinski definition) is 2. The quantitative estimate of drug-likeness (QED) is 0.531. The average Bonchev–Trinajstić information content (AvgIpc) is 2.18. The molecule has 0 bridgehead atoms. The van der Waals surface area contributed by atoms with Gasteiger partial charge in [-0.05, 0) is 50.5 Å². The molecule has 0 aromatic heterocycles. The lowest BCUT2D eigenvalue weighted by Gasteiger charge is -2.04. The summed E-state index contributed by atoms with van der Waals surface area (Å²) in [5, 5.41) is 4.00. The van der Waals surface area contributed by atoms with Crippen LogP contribution in [0.25, 0.3) is 0 Å². The van der Waals surface area contributed by atoms with Crippen LogP contribution in [0.15, 0.2) is 23.4 Å². The molecule has 0 N–H and O–H groups in total. The molecule has 0 aliphatic carbocycles. The summed E-state index contributed by atoms with van der Waals surface area (Å²) in [5.74, 6) is 0. The third-order valence-corrected chi connectivity index (χ3v) is 2.26. The number of aryl methyl sites for hydroxylation is 2. The van der Waals surface area contributed by atoms with E-state index in [1.54, 1.807) is 0 Å². The Labute approximate surface area is 85.6 Å². The molecule has 76 valence electrons. The van der Waals surface area contributed by atoms with Crippen molar-refractivity contribution in [1.82, 2.24) is 0 Å². The fourth-order valence-corrected chi connectivity index (χ4v) is 1.18. The van der Waals surface area contributed by atoms with Crippen molar-refractivity contribution in [3.05, 3.63) is 34.9 Å². The Balaban J connectivity index is 2.91. The number of hydrogen-bond donors (Lipinski definition) is 0. The molecule has 0 heterocycles. The Kier molecular flexibility index (Phi) is 3.69. The first-order valence-electron chi connectivity index (χ1n) is 4.89. The minimum Gasteiger partial charge on any atom is -0.396 e. The molecule has 0 aliphatic rings. The Morgan fingerprint density at radius 1 is 1.29 bits per heavy atom. The lowest BCUT2D eigenvalue weighted by Crippen LogP contribution is -1.97. The first-order chi connectivity index (χ1) is 6.65. The summed E-state index contributed by atoms with van der Waals surface area (Å²) in [4.78, 5) is 5.01. The van der Waals surface area contributed by atoms with E-state index in [0.717, 1.165) is 11.3 Å². The minimum absolute atomic E-state index is 0.613. The summed E-state index contributed by atoms with van der Waals surface area (Å²) in [6.07, 6.45) is 0. The highest BCUT2D eigenvalue weighted by Crippen LogP contribution is 2.10. The molecule has 0 aliphatic heterocycles. The van der Waals surface area contributed by atoms with Gasteiger partial charge in [-0.1, -0.05) is 17.3 Å². The van der Waals surface area contributed by atoms with E-state index in [2.05, 4.69) is 37.2 Å². The highest BCUT2D eigenvalue weighted by atomic mass is 16.6. The molecule has 0 unspecified atom stereocenters. The van der Waals surface area contributed by atoms with Crippen LogP contribution >= 0.6 is 0 Å². The Morgan fingerprint density at radius 2 is 2.00 bits per heavy atom. The van der Waals surface area contributed by atoms with Gasteiger partial charge < -0.3 is 4.84 Å². The molecular formula is C12H17NO. The molecule has 2 heteroatoms. The lowest BCUT2D eigenvalue weighted by atomic mass is 10.0. The number of rotatable bonds is 3. The highest BCUT2D eigenvalue weighted by Gasteiger charge is 1.99. The van der Waals surface area contributed by atoms with Crippen LogP contribution in [-0.4, -0.2) is 12.3 Å². The zero-order chi connectivity index (χ0) is 10.6. The normalized spacial score (nSPS) is 11.6. The van der Waals surface area contributed by atoms with Gasteiger partial charge in [-0.2, -0.15) is 0 Å². The van der Waals surface area contributed by atoms with Crippen LogP contribution in [0.4, 0.5) is 0 Å². The highest BCUT2D eigenvalue weighted by molar-refractivity contribution is 5.98. The van der Waals surface area contributed by atoms with Crippen molar-refractivity contribution in [2.45, 2.75) is 27.7 Å².